The van der Waals surface area contributed by atoms with E-state index >= 15 is 0 Å². The number of nitrogens with zero attached hydrogens (tertiary/aromatic N) is 1. The van der Waals surface area contributed by atoms with Gasteiger partial charge >= 0.3 is 5.69 Å². The minimum Gasteiger partial charge on any atom is -0.393 e. The molecule has 0 aromatic heterocycles. The van der Waals surface area contributed by atoms with Crippen molar-refractivity contribution in [2.24, 2.45) is 0 Å². The van der Waals surface area contributed by atoms with Crippen LogP contribution >= 0.6 is 11.8 Å². The van der Waals surface area contributed by atoms with E-state index < -0.39 is 16.6 Å². The van der Waals surface area contributed by atoms with Gasteiger partial charge in [-0.25, -0.2) is 8.78 Å². The molecule has 0 atom stereocenters. The number of para-hydroxylation sites is 1. The minimum atomic E-state index is -0.650. The first-order chi connectivity index (χ1) is 8.99. The van der Waals surface area contributed by atoms with Crippen molar-refractivity contribution < 1.29 is 13.7 Å². The van der Waals surface area contributed by atoms with Crippen molar-refractivity contribution in [2.45, 2.75) is 9.79 Å². The molecule has 0 amide bonds. The molecule has 0 heterocycles. The van der Waals surface area contributed by atoms with Gasteiger partial charge in [0.15, 0.2) is 0 Å². The van der Waals surface area contributed by atoms with Gasteiger partial charge in [0.05, 0.1) is 14.7 Å². The van der Waals surface area contributed by atoms with Crippen LogP contribution in [0.15, 0.2) is 46.2 Å². The molecule has 2 aromatic carbocycles. The van der Waals surface area contributed by atoms with E-state index in [1.807, 2.05) is 0 Å². The van der Waals surface area contributed by atoms with Gasteiger partial charge in [-0.05, 0) is 30.3 Å². The van der Waals surface area contributed by atoms with Gasteiger partial charge < -0.3 is 5.73 Å². The fraction of sp³-hybridized carbons (Fsp3) is 0. The van der Waals surface area contributed by atoms with Gasteiger partial charge in [0.25, 0.3) is 0 Å². The molecule has 19 heavy (non-hydrogen) atoms. The molecule has 98 valence electrons. The predicted octanol–water partition coefficient (Wildman–Crippen LogP) is 3.61. The third-order valence-corrected chi connectivity index (χ3v) is 3.41. The lowest BCUT2D eigenvalue weighted by Crippen LogP contribution is -1.97. The number of rotatable bonds is 3. The molecule has 2 aromatic rings. The van der Waals surface area contributed by atoms with Crippen LogP contribution in [0.25, 0.3) is 0 Å². The van der Waals surface area contributed by atoms with Gasteiger partial charge in [0.1, 0.15) is 17.3 Å². The molecule has 0 bridgehead atoms. The second kappa shape index (κ2) is 5.23. The van der Waals surface area contributed by atoms with Crippen LogP contribution in [0.4, 0.5) is 20.2 Å². The third-order valence-electron chi connectivity index (χ3n) is 2.33. The van der Waals surface area contributed by atoms with Crippen LogP contribution in [0.5, 0.6) is 0 Å². The lowest BCUT2D eigenvalue weighted by Gasteiger charge is -2.06. The molecular weight excluding hydrogens is 274 g/mol. The zero-order valence-corrected chi connectivity index (χ0v) is 10.3. The van der Waals surface area contributed by atoms with Crippen LogP contribution in [0, 0.1) is 21.7 Å². The number of nitrogen functional groups attached to an aromatic ring is 1. The van der Waals surface area contributed by atoms with Crippen LogP contribution in [0.1, 0.15) is 0 Å². The molecule has 0 aliphatic rings. The van der Waals surface area contributed by atoms with E-state index in [1.165, 1.54) is 18.2 Å². The lowest BCUT2D eigenvalue weighted by atomic mass is 10.3. The highest BCUT2D eigenvalue weighted by molar-refractivity contribution is 7.99. The number of benzene rings is 2. The van der Waals surface area contributed by atoms with Crippen molar-refractivity contribution in [3.63, 3.8) is 0 Å². The first-order valence-electron chi connectivity index (χ1n) is 5.15. The Hall–Kier alpha value is -2.15. The molecule has 0 unspecified atom stereocenters. The molecule has 0 saturated carbocycles. The highest BCUT2D eigenvalue weighted by Gasteiger charge is 2.19. The predicted molar refractivity (Wildman–Crippen MR) is 68.0 cm³/mol. The summed E-state index contributed by atoms with van der Waals surface area (Å²) in [5.41, 5.74) is 5.19. The Morgan fingerprint density at radius 3 is 2.58 bits per heavy atom. The molecule has 7 heteroatoms. The largest absolute Gasteiger partial charge is 0.393 e. The fourth-order valence-electron chi connectivity index (χ4n) is 1.49. The first-order valence-corrected chi connectivity index (χ1v) is 5.96. The van der Waals surface area contributed by atoms with Crippen LogP contribution in [-0.4, -0.2) is 4.92 Å². The summed E-state index contributed by atoms with van der Waals surface area (Å²) in [6.45, 7) is 0. The van der Waals surface area contributed by atoms with Gasteiger partial charge in [-0.15, -0.1) is 0 Å². The normalized spacial score (nSPS) is 10.4. The van der Waals surface area contributed by atoms with Crippen molar-refractivity contribution >= 4 is 23.1 Å². The van der Waals surface area contributed by atoms with Gasteiger partial charge in [0, 0.05) is 0 Å². The van der Waals surface area contributed by atoms with Crippen LogP contribution in [0.3, 0.4) is 0 Å². The SMILES string of the molecule is Nc1cccc(Sc2cc(F)ccc2F)c1[N+](=O)[O-]. The Balaban J connectivity index is 2.46. The smallest absolute Gasteiger partial charge is 0.305 e. The average molecular weight is 282 g/mol. The second-order valence-corrected chi connectivity index (χ2v) is 4.71. The van der Waals surface area contributed by atoms with E-state index in [1.54, 1.807) is 0 Å². The number of nitro groups is 1. The molecule has 2 N–H and O–H groups in total. The van der Waals surface area contributed by atoms with Crippen molar-refractivity contribution in [3.05, 3.63) is 58.1 Å². The van der Waals surface area contributed by atoms with Crippen molar-refractivity contribution in [1.29, 1.82) is 0 Å². The summed E-state index contributed by atoms with van der Waals surface area (Å²) < 4.78 is 26.5. The molecule has 2 rings (SSSR count). The molecule has 0 spiro atoms. The molecule has 0 aliphatic carbocycles. The van der Waals surface area contributed by atoms with E-state index in [-0.39, 0.29) is 21.2 Å². The van der Waals surface area contributed by atoms with Crippen LogP contribution in [0.2, 0.25) is 0 Å². The zero-order chi connectivity index (χ0) is 14.0. The summed E-state index contributed by atoms with van der Waals surface area (Å²) >= 11 is 0.761. The number of nitro benzene ring substituents is 1. The van der Waals surface area contributed by atoms with Gasteiger partial charge in [0.2, 0.25) is 0 Å². The summed E-state index contributed by atoms with van der Waals surface area (Å²) in [4.78, 5) is 10.4. The highest BCUT2D eigenvalue weighted by Crippen LogP contribution is 2.39. The number of nitrogens with two attached hydrogens (primary N) is 1. The first kappa shape index (κ1) is 13.3. The highest BCUT2D eigenvalue weighted by atomic mass is 32.2. The van der Waals surface area contributed by atoms with Crippen LogP contribution < -0.4 is 5.73 Å². The Morgan fingerprint density at radius 2 is 1.89 bits per heavy atom. The zero-order valence-electron chi connectivity index (χ0n) is 9.47. The molecule has 0 saturated heterocycles. The van der Waals surface area contributed by atoms with Gasteiger partial charge in [-0.2, -0.15) is 0 Å². The summed E-state index contributed by atoms with van der Waals surface area (Å²) in [6.07, 6.45) is 0. The number of anilines is 1. The quantitative estimate of drug-likeness (QED) is 0.530. The Kier molecular flexibility index (Phi) is 3.66. The molecular formula is C12H8F2N2O2S. The van der Waals surface area contributed by atoms with E-state index in [0.717, 1.165) is 30.0 Å². The van der Waals surface area contributed by atoms with E-state index in [0.29, 0.717) is 0 Å². The van der Waals surface area contributed by atoms with E-state index in [2.05, 4.69) is 0 Å². The molecule has 0 fully saturated rings. The van der Waals surface area contributed by atoms with Gasteiger partial charge in [-0.1, -0.05) is 17.8 Å². The minimum absolute atomic E-state index is 0.0215. The van der Waals surface area contributed by atoms with Crippen molar-refractivity contribution in [2.75, 3.05) is 5.73 Å². The maximum atomic E-state index is 13.5. The third kappa shape index (κ3) is 2.82. The van der Waals surface area contributed by atoms with E-state index in [9.17, 15) is 18.9 Å². The summed E-state index contributed by atoms with van der Waals surface area (Å²) in [6, 6.07) is 7.26. The average Bonchev–Trinajstić information content (AvgIpc) is 2.33. The monoisotopic (exact) mass is 282 g/mol. The number of hydrogen-bond acceptors (Lipinski definition) is 4. The van der Waals surface area contributed by atoms with Crippen molar-refractivity contribution in [1.82, 2.24) is 0 Å². The lowest BCUT2D eigenvalue weighted by molar-refractivity contribution is -0.386. The van der Waals surface area contributed by atoms with E-state index in [4.69, 9.17) is 5.73 Å². The maximum absolute atomic E-state index is 13.5. The maximum Gasteiger partial charge on any atom is 0.305 e. The number of halogens is 2. The Labute approximate surface area is 111 Å². The summed E-state index contributed by atoms with van der Waals surface area (Å²) in [5.74, 6) is -1.27. The molecule has 4 nitrogen and oxygen atoms in total. The Morgan fingerprint density at radius 1 is 1.16 bits per heavy atom. The standard InChI is InChI=1S/C12H8F2N2O2S/c13-7-4-5-8(14)11(6-7)19-10-3-1-2-9(15)12(10)16(17)18/h1-6H,15H2. The Bertz CT molecular complexity index is 650. The van der Waals surface area contributed by atoms with Crippen LogP contribution in [-0.2, 0) is 0 Å². The van der Waals surface area contributed by atoms with Crippen molar-refractivity contribution in [3.8, 4) is 0 Å². The topological polar surface area (TPSA) is 69.2 Å². The van der Waals surface area contributed by atoms with Gasteiger partial charge in [-0.3, -0.25) is 10.1 Å². The summed E-state index contributed by atoms with van der Waals surface area (Å²) in [7, 11) is 0. The fourth-order valence-corrected chi connectivity index (χ4v) is 2.50. The molecule has 0 radical (unpaired) electrons. The molecule has 0 aliphatic heterocycles. The number of hydrogen-bond donors (Lipinski definition) is 1. The summed E-state index contributed by atoms with van der Waals surface area (Å²) in [5, 5.41) is 10.9. The second-order valence-electron chi connectivity index (χ2n) is 3.63.